The zero-order valence-electron chi connectivity index (χ0n) is 15.5. The summed E-state index contributed by atoms with van der Waals surface area (Å²) < 4.78 is 10.1. The van der Waals surface area contributed by atoms with E-state index in [0.29, 0.717) is 19.7 Å². The highest BCUT2D eigenvalue weighted by atomic mass is 35.5. The molecular weight excluding hydrogens is 358 g/mol. The van der Waals surface area contributed by atoms with Gasteiger partial charge in [-0.2, -0.15) is 0 Å². The van der Waals surface area contributed by atoms with Gasteiger partial charge in [-0.15, -0.1) is 12.4 Å². The summed E-state index contributed by atoms with van der Waals surface area (Å²) in [6, 6.07) is 7.26. The molecule has 8 heteroatoms. The summed E-state index contributed by atoms with van der Waals surface area (Å²) in [5.41, 5.74) is 0.938. The number of nitrogens with one attached hydrogen (secondary N) is 2. The molecule has 2 rings (SSSR count). The van der Waals surface area contributed by atoms with E-state index in [1.807, 2.05) is 24.3 Å². The Morgan fingerprint density at radius 2 is 1.88 bits per heavy atom. The van der Waals surface area contributed by atoms with Crippen LogP contribution in [0.5, 0.6) is 5.75 Å². The van der Waals surface area contributed by atoms with Gasteiger partial charge in [0.2, 0.25) is 11.8 Å². The van der Waals surface area contributed by atoms with Gasteiger partial charge in [-0.05, 0) is 17.7 Å². The summed E-state index contributed by atoms with van der Waals surface area (Å²) in [6.07, 6.45) is 0.232. The highest BCUT2D eigenvalue weighted by Gasteiger charge is 2.42. The average molecular weight is 386 g/mol. The van der Waals surface area contributed by atoms with Crippen LogP contribution >= 0.6 is 12.4 Å². The molecule has 1 aromatic carbocycles. The Bertz CT molecular complexity index is 582. The molecular formula is C18H28ClN3O4. The number of rotatable bonds is 9. The Morgan fingerprint density at radius 1 is 1.19 bits per heavy atom. The Balaban J connectivity index is 0.00000338. The number of ether oxygens (including phenoxy) is 2. The molecule has 1 aromatic rings. The Morgan fingerprint density at radius 3 is 2.50 bits per heavy atom. The second kappa shape index (κ2) is 11.0. The van der Waals surface area contributed by atoms with Crippen LogP contribution < -0.4 is 15.4 Å². The van der Waals surface area contributed by atoms with Crippen molar-refractivity contribution < 1.29 is 19.1 Å². The number of likely N-dealkylation sites (tertiary alicyclic amines) is 1. The Hall–Kier alpha value is -1.83. The van der Waals surface area contributed by atoms with Crippen LogP contribution in [0, 0.1) is 5.92 Å². The number of amides is 2. The number of nitrogens with zero attached hydrogens (tertiary/aromatic N) is 1. The highest BCUT2D eigenvalue weighted by molar-refractivity contribution is 5.90. The van der Waals surface area contributed by atoms with Gasteiger partial charge in [0.25, 0.3) is 0 Å². The zero-order valence-corrected chi connectivity index (χ0v) is 16.3. The molecule has 0 bridgehead atoms. The Labute approximate surface area is 160 Å². The molecule has 0 aromatic heterocycles. The van der Waals surface area contributed by atoms with Crippen LogP contribution in [0.1, 0.15) is 18.0 Å². The van der Waals surface area contributed by atoms with Crippen LogP contribution in [-0.2, 0) is 14.3 Å². The lowest BCUT2D eigenvalue weighted by molar-refractivity contribution is -0.128. The van der Waals surface area contributed by atoms with Crippen LogP contribution in [0.3, 0.4) is 0 Å². The van der Waals surface area contributed by atoms with E-state index in [1.165, 1.54) is 0 Å². The van der Waals surface area contributed by atoms with E-state index in [0.717, 1.165) is 17.9 Å². The first kappa shape index (κ1) is 22.2. The van der Waals surface area contributed by atoms with Crippen molar-refractivity contribution in [2.75, 3.05) is 47.5 Å². The molecule has 2 amide bonds. The zero-order chi connectivity index (χ0) is 18.2. The second-order valence-electron chi connectivity index (χ2n) is 6.07. The predicted octanol–water partition coefficient (Wildman–Crippen LogP) is 0.989. The smallest absolute Gasteiger partial charge is 0.226 e. The number of carbonyl (C=O) groups is 2. The van der Waals surface area contributed by atoms with Crippen LogP contribution in [0.4, 0.5) is 0 Å². The molecule has 7 nitrogen and oxygen atoms in total. The van der Waals surface area contributed by atoms with Gasteiger partial charge in [-0.25, -0.2) is 0 Å². The molecule has 1 saturated heterocycles. The van der Waals surface area contributed by atoms with E-state index in [4.69, 9.17) is 9.47 Å². The summed E-state index contributed by atoms with van der Waals surface area (Å²) in [5.74, 6) is 0.259. The van der Waals surface area contributed by atoms with Crippen molar-refractivity contribution in [3.63, 3.8) is 0 Å². The predicted molar refractivity (Wildman–Crippen MR) is 102 cm³/mol. The molecule has 26 heavy (non-hydrogen) atoms. The standard InChI is InChI=1S/C18H27N3O4.ClH/c1-21-16(22)12-15(18(23)20-9-8-19-10-11-24-2)17(21)13-4-6-14(25-3)7-5-13;/h4-7,15,17,19H,8-12H2,1-3H3,(H,20,23);1H. The first-order chi connectivity index (χ1) is 12.1. The third-order valence-corrected chi connectivity index (χ3v) is 4.46. The van der Waals surface area contributed by atoms with Crippen LogP contribution in [0.2, 0.25) is 0 Å². The minimum absolute atomic E-state index is 0. The maximum Gasteiger partial charge on any atom is 0.226 e. The van der Waals surface area contributed by atoms with E-state index in [2.05, 4.69) is 10.6 Å². The third kappa shape index (κ3) is 5.59. The van der Waals surface area contributed by atoms with Gasteiger partial charge in [0.05, 0.1) is 25.7 Å². The highest BCUT2D eigenvalue weighted by Crippen LogP contribution is 2.37. The minimum Gasteiger partial charge on any atom is -0.497 e. The van der Waals surface area contributed by atoms with Gasteiger partial charge in [-0.3, -0.25) is 9.59 Å². The van der Waals surface area contributed by atoms with Crippen molar-refractivity contribution in [1.29, 1.82) is 0 Å². The van der Waals surface area contributed by atoms with E-state index in [9.17, 15) is 9.59 Å². The topological polar surface area (TPSA) is 79.9 Å². The van der Waals surface area contributed by atoms with Gasteiger partial charge in [0.1, 0.15) is 5.75 Å². The van der Waals surface area contributed by atoms with Crippen LogP contribution in [0.15, 0.2) is 24.3 Å². The fourth-order valence-electron chi connectivity index (χ4n) is 3.07. The molecule has 0 spiro atoms. The van der Waals surface area contributed by atoms with Crippen molar-refractivity contribution in [1.82, 2.24) is 15.5 Å². The number of methoxy groups -OCH3 is 2. The largest absolute Gasteiger partial charge is 0.497 e. The van der Waals surface area contributed by atoms with Crippen LogP contribution in [-0.4, -0.2) is 64.2 Å². The van der Waals surface area contributed by atoms with Crippen LogP contribution in [0.25, 0.3) is 0 Å². The SMILES string of the molecule is COCCNCCNC(=O)C1CC(=O)N(C)C1c1ccc(OC)cc1.Cl. The second-order valence-corrected chi connectivity index (χ2v) is 6.07. The molecule has 0 saturated carbocycles. The van der Waals surface area contributed by atoms with Gasteiger partial charge in [0.15, 0.2) is 0 Å². The lowest BCUT2D eigenvalue weighted by atomic mass is 9.93. The maximum atomic E-state index is 12.6. The number of halogens is 1. The Kier molecular flexibility index (Phi) is 9.40. The molecule has 2 unspecified atom stereocenters. The lowest BCUT2D eigenvalue weighted by Gasteiger charge is -2.25. The third-order valence-electron chi connectivity index (χ3n) is 4.46. The molecule has 1 fully saturated rings. The van der Waals surface area contributed by atoms with E-state index < -0.39 is 0 Å². The molecule has 1 heterocycles. The number of benzene rings is 1. The van der Waals surface area contributed by atoms with Gasteiger partial charge >= 0.3 is 0 Å². The summed E-state index contributed by atoms with van der Waals surface area (Å²) in [4.78, 5) is 26.4. The maximum absolute atomic E-state index is 12.6. The molecule has 0 radical (unpaired) electrons. The fourth-order valence-corrected chi connectivity index (χ4v) is 3.07. The lowest BCUT2D eigenvalue weighted by Crippen LogP contribution is -2.38. The van der Waals surface area contributed by atoms with E-state index in [-0.39, 0.29) is 42.6 Å². The van der Waals surface area contributed by atoms with Crippen molar-refractivity contribution in [2.45, 2.75) is 12.5 Å². The minimum atomic E-state index is -0.384. The summed E-state index contributed by atoms with van der Waals surface area (Å²) >= 11 is 0. The molecule has 1 aliphatic heterocycles. The van der Waals surface area contributed by atoms with E-state index in [1.54, 1.807) is 26.2 Å². The van der Waals surface area contributed by atoms with Gasteiger partial charge in [0, 0.05) is 40.2 Å². The van der Waals surface area contributed by atoms with Gasteiger partial charge < -0.3 is 25.0 Å². The quantitative estimate of drug-likeness (QED) is 0.620. The molecule has 2 N–H and O–H groups in total. The summed E-state index contributed by atoms with van der Waals surface area (Å²) in [7, 11) is 5.00. The number of carbonyl (C=O) groups excluding carboxylic acids is 2. The van der Waals surface area contributed by atoms with Crippen molar-refractivity contribution >= 4 is 24.2 Å². The first-order valence-electron chi connectivity index (χ1n) is 8.45. The average Bonchev–Trinajstić information content (AvgIpc) is 2.93. The summed E-state index contributed by atoms with van der Waals surface area (Å²) in [5, 5.41) is 6.09. The van der Waals surface area contributed by atoms with Crippen molar-refractivity contribution in [3.05, 3.63) is 29.8 Å². The monoisotopic (exact) mass is 385 g/mol. The molecule has 146 valence electrons. The van der Waals surface area contributed by atoms with E-state index >= 15 is 0 Å². The number of hydrogen-bond donors (Lipinski definition) is 2. The molecule has 0 aliphatic carbocycles. The van der Waals surface area contributed by atoms with Crippen molar-refractivity contribution in [2.24, 2.45) is 5.92 Å². The summed E-state index contributed by atoms with van der Waals surface area (Å²) in [6.45, 7) is 2.56. The molecule has 1 aliphatic rings. The number of hydrogen-bond acceptors (Lipinski definition) is 5. The normalized spacial score (nSPS) is 19.2. The molecule has 2 atom stereocenters. The first-order valence-corrected chi connectivity index (χ1v) is 8.45. The van der Waals surface area contributed by atoms with Gasteiger partial charge in [-0.1, -0.05) is 12.1 Å². The fraction of sp³-hybridized carbons (Fsp3) is 0.556. The van der Waals surface area contributed by atoms with Crippen molar-refractivity contribution in [3.8, 4) is 5.75 Å².